The van der Waals surface area contributed by atoms with E-state index < -0.39 is 34.6 Å². The van der Waals surface area contributed by atoms with E-state index >= 15 is 0 Å². The first-order chi connectivity index (χ1) is 11.6. The van der Waals surface area contributed by atoms with Crippen LogP contribution >= 0.6 is 0 Å². The molecule has 0 bridgehead atoms. The zero-order valence-corrected chi connectivity index (χ0v) is 14.5. The molecule has 1 aromatic carbocycles. The van der Waals surface area contributed by atoms with E-state index in [2.05, 4.69) is 10.6 Å². The van der Waals surface area contributed by atoms with Gasteiger partial charge >= 0.3 is 0 Å². The Morgan fingerprint density at radius 1 is 1.16 bits per heavy atom. The quantitative estimate of drug-likeness (QED) is 0.696. The second kappa shape index (κ2) is 4.66. The van der Waals surface area contributed by atoms with Crippen LogP contribution in [0.15, 0.2) is 18.2 Å². The van der Waals surface area contributed by atoms with Crippen LogP contribution in [0.25, 0.3) is 0 Å². The van der Waals surface area contributed by atoms with E-state index in [0.717, 1.165) is 0 Å². The fraction of sp³-hybridized carbons (Fsp3) is 0.500. The maximum Gasteiger partial charge on any atom is 0.250 e. The van der Waals surface area contributed by atoms with E-state index in [1.165, 1.54) is 23.1 Å². The Labute approximate surface area is 144 Å². The molecular formula is C18H20FN3O3. The molecule has 4 rings (SSSR count). The molecule has 7 heteroatoms. The molecular weight excluding hydrogens is 325 g/mol. The Bertz CT molecular complexity index is 831. The van der Waals surface area contributed by atoms with Gasteiger partial charge < -0.3 is 5.32 Å². The summed E-state index contributed by atoms with van der Waals surface area (Å²) in [7, 11) is 0. The molecule has 3 aliphatic rings. The van der Waals surface area contributed by atoms with E-state index in [9.17, 15) is 18.8 Å². The van der Waals surface area contributed by atoms with Gasteiger partial charge in [-0.05, 0) is 45.9 Å². The molecule has 132 valence electrons. The normalized spacial score (nSPS) is 33.9. The highest BCUT2D eigenvalue weighted by Crippen LogP contribution is 2.53. The lowest BCUT2D eigenvalue weighted by molar-refractivity contribution is -0.147. The van der Waals surface area contributed by atoms with Crippen molar-refractivity contribution >= 4 is 23.4 Å². The molecule has 1 spiro atoms. The predicted octanol–water partition coefficient (Wildman–Crippen LogP) is 1.36. The van der Waals surface area contributed by atoms with Crippen molar-refractivity contribution in [3.05, 3.63) is 29.6 Å². The van der Waals surface area contributed by atoms with Crippen LogP contribution in [0.1, 0.15) is 33.3 Å². The summed E-state index contributed by atoms with van der Waals surface area (Å²) in [4.78, 5) is 40.3. The molecule has 1 aromatic rings. The Hall–Kier alpha value is -2.28. The first-order valence-electron chi connectivity index (χ1n) is 8.36. The summed E-state index contributed by atoms with van der Waals surface area (Å²) in [6.45, 7) is 7.15. The molecule has 0 aromatic heterocycles. The number of carbonyl (C=O) groups excluding carboxylic acids is 3. The topological polar surface area (TPSA) is 78.5 Å². The van der Waals surface area contributed by atoms with Crippen LogP contribution in [-0.4, -0.2) is 34.2 Å². The summed E-state index contributed by atoms with van der Waals surface area (Å²) in [5.74, 6) is -3.09. The lowest BCUT2D eigenvalue weighted by Crippen LogP contribution is -2.55. The summed E-state index contributed by atoms with van der Waals surface area (Å²) in [5, 5.41) is 5.88. The number of imide groups is 1. The Kier molecular flexibility index (Phi) is 3.02. The summed E-state index contributed by atoms with van der Waals surface area (Å²) >= 11 is 0. The van der Waals surface area contributed by atoms with Gasteiger partial charge in [0, 0.05) is 22.8 Å². The van der Waals surface area contributed by atoms with Crippen LogP contribution < -0.4 is 10.6 Å². The molecule has 6 nitrogen and oxygen atoms in total. The van der Waals surface area contributed by atoms with Crippen molar-refractivity contribution in [2.24, 2.45) is 11.8 Å². The Morgan fingerprint density at radius 2 is 1.84 bits per heavy atom. The lowest BCUT2D eigenvalue weighted by Gasteiger charge is -2.34. The van der Waals surface area contributed by atoms with E-state index in [0.29, 0.717) is 11.3 Å². The van der Waals surface area contributed by atoms with Gasteiger partial charge in [-0.2, -0.15) is 0 Å². The molecule has 2 saturated heterocycles. The van der Waals surface area contributed by atoms with E-state index in [4.69, 9.17) is 0 Å². The zero-order chi connectivity index (χ0) is 18.3. The van der Waals surface area contributed by atoms with Crippen LogP contribution in [0.2, 0.25) is 0 Å². The van der Waals surface area contributed by atoms with Crippen molar-refractivity contribution in [2.45, 2.75) is 44.8 Å². The number of halogens is 1. The summed E-state index contributed by atoms with van der Waals surface area (Å²) in [6.07, 6.45) is 0. The van der Waals surface area contributed by atoms with Crippen LogP contribution in [0.3, 0.4) is 0 Å². The van der Waals surface area contributed by atoms with Crippen LogP contribution in [0.5, 0.6) is 0 Å². The third kappa shape index (κ3) is 1.84. The first kappa shape index (κ1) is 16.2. The predicted molar refractivity (Wildman–Crippen MR) is 87.9 cm³/mol. The van der Waals surface area contributed by atoms with Gasteiger partial charge in [-0.15, -0.1) is 0 Å². The molecule has 3 aliphatic heterocycles. The SMILES string of the molecule is CC1NC2(C(=O)Nc3ccc(F)cc32)[C@@H]2C(=O)N(C(C)(C)C)C(=O)[C@H]12. The van der Waals surface area contributed by atoms with E-state index in [-0.39, 0.29) is 17.9 Å². The summed E-state index contributed by atoms with van der Waals surface area (Å²) in [5.41, 5.74) is -1.22. The van der Waals surface area contributed by atoms with Crippen LogP contribution in [0.4, 0.5) is 10.1 Å². The average molecular weight is 345 g/mol. The molecule has 2 unspecified atom stereocenters. The molecule has 25 heavy (non-hydrogen) atoms. The number of carbonyl (C=O) groups is 3. The van der Waals surface area contributed by atoms with Crippen molar-refractivity contribution in [3.63, 3.8) is 0 Å². The molecule has 0 aliphatic carbocycles. The molecule has 2 N–H and O–H groups in total. The van der Waals surface area contributed by atoms with Gasteiger partial charge in [0.1, 0.15) is 11.4 Å². The smallest absolute Gasteiger partial charge is 0.250 e. The van der Waals surface area contributed by atoms with Crippen LogP contribution in [0, 0.1) is 17.7 Å². The monoisotopic (exact) mass is 345 g/mol. The van der Waals surface area contributed by atoms with E-state index in [1.807, 2.05) is 0 Å². The maximum absolute atomic E-state index is 13.9. The average Bonchev–Trinajstić information content (AvgIpc) is 3.04. The number of amides is 3. The molecule has 2 fully saturated rings. The second-order valence-corrected chi connectivity index (χ2v) is 8.07. The number of rotatable bonds is 0. The highest BCUT2D eigenvalue weighted by molar-refractivity contribution is 6.15. The van der Waals surface area contributed by atoms with Gasteiger partial charge in [0.05, 0.1) is 11.8 Å². The highest BCUT2D eigenvalue weighted by Gasteiger charge is 2.70. The van der Waals surface area contributed by atoms with Crippen molar-refractivity contribution in [1.82, 2.24) is 10.2 Å². The minimum atomic E-state index is -1.41. The fourth-order valence-electron chi connectivity index (χ4n) is 4.60. The van der Waals surface area contributed by atoms with Gasteiger partial charge in [-0.3, -0.25) is 24.6 Å². The van der Waals surface area contributed by atoms with Gasteiger partial charge in [-0.25, -0.2) is 4.39 Å². The zero-order valence-electron chi connectivity index (χ0n) is 14.5. The Balaban J connectivity index is 1.92. The Morgan fingerprint density at radius 3 is 2.48 bits per heavy atom. The minimum Gasteiger partial charge on any atom is -0.324 e. The maximum atomic E-state index is 13.9. The standard InChI is InChI=1S/C18H20FN3O3/c1-8-12-13(15(24)22(14(12)23)17(2,3)4)18(21-8)10-7-9(19)5-6-11(10)20-16(18)25/h5-8,12-13,21H,1-4H3,(H,20,25)/t8?,12-,13+,18?/m1/s1. The minimum absolute atomic E-state index is 0.281. The number of fused-ring (bicyclic) bond motifs is 4. The molecule has 0 saturated carbocycles. The number of hydrogen-bond acceptors (Lipinski definition) is 4. The molecule has 3 heterocycles. The lowest BCUT2D eigenvalue weighted by atomic mass is 9.76. The van der Waals surface area contributed by atoms with E-state index in [1.54, 1.807) is 27.7 Å². The first-order valence-corrected chi connectivity index (χ1v) is 8.36. The number of anilines is 1. The van der Waals surface area contributed by atoms with Crippen molar-refractivity contribution in [2.75, 3.05) is 5.32 Å². The van der Waals surface area contributed by atoms with Crippen LogP contribution in [-0.2, 0) is 19.9 Å². The number of hydrogen-bond donors (Lipinski definition) is 2. The molecule has 0 radical (unpaired) electrons. The summed E-state index contributed by atoms with van der Waals surface area (Å²) in [6, 6.07) is 3.64. The fourth-order valence-corrected chi connectivity index (χ4v) is 4.60. The van der Waals surface area contributed by atoms with Gasteiger partial charge in [0.25, 0.3) is 0 Å². The number of nitrogens with zero attached hydrogens (tertiary/aromatic N) is 1. The van der Waals surface area contributed by atoms with Crippen molar-refractivity contribution in [1.29, 1.82) is 0 Å². The number of likely N-dealkylation sites (tertiary alicyclic amines) is 1. The summed E-state index contributed by atoms with van der Waals surface area (Å²) < 4.78 is 13.9. The molecule has 4 atom stereocenters. The van der Waals surface area contributed by atoms with Gasteiger partial charge in [0.2, 0.25) is 17.7 Å². The second-order valence-electron chi connectivity index (χ2n) is 8.07. The van der Waals surface area contributed by atoms with Crippen molar-refractivity contribution < 1.29 is 18.8 Å². The largest absolute Gasteiger partial charge is 0.324 e. The van der Waals surface area contributed by atoms with Gasteiger partial charge in [-0.1, -0.05) is 0 Å². The van der Waals surface area contributed by atoms with Crippen molar-refractivity contribution in [3.8, 4) is 0 Å². The highest BCUT2D eigenvalue weighted by atomic mass is 19.1. The van der Waals surface area contributed by atoms with Gasteiger partial charge in [0.15, 0.2) is 0 Å². The molecule has 3 amide bonds. The third-order valence-electron chi connectivity index (χ3n) is 5.50. The third-order valence-corrected chi connectivity index (χ3v) is 5.50. The number of nitrogens with one attached hydrogen (secondary N) is 2. The number of benzene rings is 1.